The number of nitrogens with zero attached hydrogens (tertiary/aromatic N) is 3. The Labute approximate surface area is 112 Å². The molecule has 0 saturated carbocycles. The fraction of sp³-hybridized carbons (Fsp3) is 0.545. The highest BCUT2D eigenvalue weighted by Gasteiger charge is 2.34. The molecule has 1 aromatic heterocycles. The molecule has 2 aliphatic heterocycles. The molecule has 0 bridgehead atoms. The fourth-order valence-electron chi connectivity index (χ4n) is 2.27. The van der Waals surface area contributed by atoms with E-state index >= 15 is 0 Å². The summed E-state index contributed by atoms with van der Waals surface area (Å²) in [6.45, 7) is 0.629. The lowest BCUT2D eigenvalue weighted by molar-refractivity contribution is 0.0572. The molecule has 0 aromatic carbocycles. The zero-order valence-corrected chi connectivity index (χ0v) is 10.8. The van der Waals surface area contributed by atoms with E-state index in [1.807, 2.05) is 0 Å². The molecular weight excluding hydrogens is 270 g/mol. The first-order valence-electron chi connectivity index (χ1n) is 5.96. The van der Waals surface area contributed by atoms with Gasteiger partial charge in [-0.3, -0.25) is 14.2 Å². The molecule has 2 atom stereocenters. The Bertz CT molecular complexity index is 578. The molecule has 3 rings (SSSR count). The van der Waals surface area contributed by atoms with Crippen molar-refractivity contribution in [1.82, 2.24) is 14.5 Å². The Balaban J connectivity index is 1.91. The maximum absolute atomic E-state index is 12.2. The number of hydrogen-bond donors (Lipinski definition) is 2. The van der Waals surface area contributed by atoms with Gasteiger partial charge < -0.3 is 15.1 Å². The quantitative estimate of drug-likeness (QED) is 0.611. The van der Waals surface area contributed by atoms with Gasteiger partial charge in [0.1, 0.15) is 5.56 Å². The monoisotopic (exact) mass is 283 g/mol. The van der Waals surface area contributed by atoms with Gasteiger partial charge in [0.25, 0.3) is 11.5 Å². The van der Waals surface area contributed by atoms with E-state index in [1.165, 1.54) is 27.4 Å². The van der Waals surface area contributed by atoms with Crippen molar-refractivity contribution < 1.29 is 15.0 Å². The molecule has 2 N–H and O–H groups in total. The molecule has 19 heavy (non-hydrogen) atoms. The Hall–Kier alpha value is -1.38. The number of aliphatic hydroxyl groups excluding tert-OH is 2. The molecule has 1 fully saturated rings. The second kappa shape index (κ2) is 4.62. The smallest absolute Gasteiger partial charge is 0.267 e. The summed E-state index contributed by atoms with van der Waals surface area (Å²) < 4.78 is 1.49. The van der Waals surface area contributed by atoms with Crippen molar-refractivity contribution in [3.05, 3.63) is 22.1 Å². The summed E-state index contributed by atoms with van der Waals surface area (Å²) in [5.41, 5.74) is -0.358. The summed E-state index contributed by atoms with van der Waals surface area (Å²) in [6, 6.07) is 0. The number of aliphatic hydroxyl groups is 2. The van der Waals surface area contributed by atoms with Crippen LogP contribution in [0.15, 0.2) is 16.1 Å². The fourth-order valence-corrected chi connectivity index (χ4v) is 3.18. The van der Waals surface area contributed by atoms with Crippen LogP contribution in [0.4, 0.5) is 0 Å². The molecule has 1 amide bonds. The first-order chi connectivity index (χ1) is 9.08. The zero-order valence-electron chi connectivity index (χ0n) is 10.0. The number of hydrogen-bond acceptors (Lipinski definition) is 6. The third-order valence-electron chi connectivity index (χ3n) is 3.33. The molecule has 7 nitrogen and oxygen atoms in total. The summed E-state index contributed by atoms with van der Waals surface area (Å²) in [5, 5.41) is 19.5. The number of amides is 1. The van der Waals surface area contributed by atoms with Crippen LogP contribution >= 0.6 is 11.8 Å². The minimum atomic E-state index is -0.954. The van der Waals surface area contributed by atoms with Gasteiger partial charge >= 0.3 is 0 Å². The Kier molecular flexibility index (Phi) is 3.08. The van der Waals surface area contributed by atoms with Gasteiger partial charge in [0.05, 0.1) is 12.2 Å². The van der Waals surface area contributed by atoms with E-state index in [1.54, 1.807) is 0 Å². The molecule has 0 radical (unpaired) electrons. The molecule has 8 heteroatoms. The lowest BCUT2D eigenvalue weighted by atomic mass is 10.3. The van der Waals surface area contributed by atoms with Gasteiger partial charge in [0.15, 0.2) is 5.16 Å². The van der Waals surface area contributed by atoms with Crippen LogP contribution < -0.4 is 5.56 Å². The maximum atomic E-state index is 12.2. The van der Waals surface area contributed by atoms with Crippen molar-refractivity contribution in [2.24, 2.45) is 0 Å². The number of rotatable bonds is 1. The summed E-state index contributed by atoms with van der Waals surface area (Å²) in [5.74, 6) is 0.293. The van der Waals surface area contributed by atoms with Crippen LogP contribution in [-0.4, -0.2) is 61.6 Å². The number of carbonyl (C=O) groups is 1. The van der Waals surface area contributed by atoms with Crippen molar-refractivity contribution in [2.45, 2.75) is 23.9 Å². The van der Waals surface area contributed by atoms with Gasteiger partial charge in [0.2, 0.25) is 0 Å². The average Bonchev–Trinajstić information content (AvgIpc) is 2.97. The lowest BCUT2D eigenvalue weighted by Crippen LogP contribution is -2.36. The van der Waals surface area contributed by atoms with Crippen LogP contribution in [0.5, 0.6) is 0 Å². The van der Waals surface area contributed by atoms with Gasteiger partial charge in [-0.2, -0.15) is 0 Å². The van der Waals surface area contributed by atoms with Gasteiger partial charge in [-0.25, -0.2) is 4.98 Å². The molecule has 2 unspecified atom stereocenters. The normalized spacial score (nSPS) is 25.7. The predicted molar refractivity (Wildman–Crippen MR) is 67.1 cm³/mol. The number of aromatic nitrogens is 2. The first kappa shape index (κ1) is 12.6. The van der Waals surface area contributed by atoms with E-state index < -0.39 is 18.1 Å². The van der Waals surface area contributed by atoms with E-state index in [9.17, 15) is 19.8 Å². The largest absolute Gasteiger partial charge is 0.388 e. The third kappa shape index (κ3) is 2.05. The Morgan fingerprint density at radius 2 is 2.05 bits per heavy atom. The summed E-state index contributed by atoms with van der Waals surface area (Å²) in [4.78, 5) is 29.7. The SMILES string of the molecule is O=C(c1cnc2n(c1=O)CCS2)N1CC(O)C(O)C1. The minimum absolute atomic E-state index is 0.00690. The van der Waals surface area contributed by atoms with Gasteiger partial charge in [0, 0.05) is 31.6 Å². The van der Waals surface area contributed by atoms with Crippen LogP contribution in [0.1, 0.15) is 10.4 Å². The summed E-state index contributed by atoms with van der Waals surface area (Å²) >= 11 is 1.48. The van der Waals surface area contributed by atoms with Gasteiger partial charge in [-0.05, 0) is 0 Å². The lowest BCUT2D eigenvalue weighted by Gasteiger charge is -2.15. The first-order valence-corrected chi connectivity index (χ1v) is 6.94. The highest BCUT2D eigenvalue weighted by Crippen LogP contribution is 2.21. The van der Waals surface area contributed by atoms with Crippen LogP contribution in [0.3, 0.4) is 0 Å². The molecule has 1 saturated heterocycles. The topological polar surface area (TPSA) is 95.7 Å². The molecule has 0 aliphatic carbocycles. The summed E-state index contributed by atoms with van der Waals surface area (Å²) in [6.07, 6.45) is -0.624. The molecule has 2 aliphatic rings. The number of carbonyl (C=O) groups excluding carboxylic acids is 1. The van der Waals surface area contributed by atoms with Crippen LogP contribution in [0.2, 0.25) is 0 Å². The van der Waals surface area contributed by atoms with Gasteiger partial charge in [-0.1, -0.05) is 11.8 Å². The van der Waals surface area contributed by atoms with Crippen molar-refractivity contribution in [1.29, 1.82) is 0 Å². The number of likely N-dealkylation sites (tertiary alicyclic amines) is 1. The van der Waals surface area contributed by atoms with Crippen LogP contribution in [-0.2, 0) is 6.54 Å². The molecule has 3 heterocycles. The van der Waals surface area contributed by atoms with Gasteiger partial charge in [-0.15, -0.1) is 0 Å². The molecule has 1 aromatic rings. The summed E-state index contributed by atoms with van der Waals surface area (Å²) in [7, 11) is 0. The standard InChI is InChI=1S/C11H13N3O4S/c15-7-4-13(5-8(7)16)9(17)6-3-12-11-14(10(6)18)1-2-19-11/h3,7-8,15-16H,1-2,4-5H2. The molecule has 0 spiro atoms. The number of β-amino-alcohol motifs (C(OH)–C–C–N with tert-alkyl or cyclic N) is 2. The Morgan fingerprint density at radius 1 is 1.37 bits per heavy atom. The number of thioether (sulfide) groups is 1. The second-order valence-corrected chi connectivity index (χ2v) is 5.67. The van der Waals surface area contributed by atoms with Crippen molar-refractivity contribution in [2.75, 3.05) is 18.8 Å². The Morgan fingerprint density at radius 3 is 2.74 bits per heavy atom. The molecular formula is C11H13N3O4S. The van der Waals surface area contributed by atoms with Crippen molar-refractivity contribution in [3.63, 3.8) is 0 Å². The van der Waals surface area contributed by atoms with Crippen LogP contribution in [0.25, 0.3) is 0 Å². The van der Waals surface area contributed by atoms with E-state index in [0.717, 1.165) is 5.75 Å². The van der Waals surface area contributed by atoms with E-state index in [4.69, 9.17) is 0 Å². The number of fused-ring (bicyclic) bond motifs is 1. The molecule has 102 valence electrons. The zero-order chi connectivity index (χ0) is 13.6. The van der Waals surface area contributed by atoms with E-state index in [2.05, 4.69) is 4.98 Å². The van der Waals surface area contributed by atoms with Crippen molar-refractivity contribution >= 4 is 17.7 Å². The third-order valence-corrected chi connectivity index (χ3v) is 4.30. The van der Waals surface area contributed by atoms with Crippen LogP contribution in [0, 0.1) is 0 Å². The minimum Gasteiger partial charge on any atom is -0.388 e. The highest BCUT2D eigenvalue weighted by atomic mass is 32.2. The van der Waals surface area contributed by atoms with Crippen molar-refractivity contribution in [3.8, 4) is 0 Å². The van der Waals surface area contributed by atoms with E-state index in [-0.39, 0.29) is 24.2 Å². The maximum Gasteiger partial charge on any atom is 0.267 e. The second-order valence-electron chi connectivity index (χ2n) is 4.60. The average molecular weight is 283 g/mol. The predicted octanol–water partition coefficient (Wildman–Crippen LogP) is -1.47. The highest BCUT2D eigenvalue weighted by molar-refractivity contribution is 7.99. The van der Waals surface area contributed by atoms with E-state index in [0.29, 0.717) is 11.7 Å².